The molecule has 5 rings (SSSR count). The molecule has 2 aromatic rings. The molecule has 0 unspecified atom stereocenters. The molecule has 2 aromatic carbocycles. The summed E-state index contributed by atoms with van der Waals surface area (Å²) in [6.07, 6.45) is 3.80. The highest BCUT2D eigenvalue weighted by atomic mass is 16.5. The Balaban J connectivity index is 1.13. The van der Waals surface area contributed by atoms with Gasteiger partial charge >= 0.3 is 0 Å². The molecule has 1 spiro atoms. The zero-order valence-electron chi connectivity index (χ0n) is 15.4. The highest BCUT2D eigenvalue weighted by Crippen LogP contribution is 2.42. The Morgan fingerprint density at radius 3 is 2.46 bits per heavy atom. The maximum absolute atomic E-state index is 6.07. The average molecular weight is 348 g/mol. The Morgan fingerprint density at radius 1 is 0.923 bits per heavy atom. The number of benzene rings is 2. The van der Waals surface area contributed by atoms with Crippen molar-refractivity contribution in [2.45, 2.75) is 31.8 Å². The van der Waals surface area contributed by atoms with E-state index < -0.39 is 0 Å². The normalized spacial score (nSPS) is 23.2. The molecule has 0 aromatic heterocycles. The Morgan fingerprint density at radius 2 is 1.65 bits per heavy atom. The van der Waals surface area contributed by atoms with Gasteiger partial charge in [-0.05, 0) is 49.5 Å². The number of fused-ring (bicyclic) bond motifs is 1. The average Bonchev–Trinajstić information content (AvgIpc) is 2.67. The van der Waals surface area contributed by atoms with Gasteiger partial charge in [-0.3, -0.25) is 9.80 Å². The lowest BCUT2D eigenvalue weighted by molar-refractivity contribution is -0.0781. The molecule has 0 saturated carbocycles. The minimum atomic E-state index is 0.371. The topological polar surface area (TPSA) is 15.7 Å². The molecule has 2 saturated heterocycles. The first-order valence-electron chi connectivity index (χ1n) is 10.0. The van der Waals surface area contributed by atoms with Crippen molar-refractivity contribution in [3.05, 3.63) is 65.7 Å². The van der Waals surface area contributed by atoms with Gasteiger partial charge in [0.25, 0.3) is 0 Å². The van der Waals surface area contributed by atoms with E-state index in [-0.39, 0.29) is 0 Å². The first kappa shape index (κ1) is 16.3. The Kier molecular flexibility index (Phi) is 4.22. The fourth-order valence-electron chi connectivity index (χ4n) is 5.04. The summed E-state index contributed by atoms with van der Waals surface area (Å²) in [5.74, 6) is 1.10. The molecule has 136 valence electrons. The molecule has 3 heterocycles. The fraction of sp³-hybridized carbons (Fsp3) is 0.478. The molecule has 26 heavy (non-hydrogen) atoms. The lowest BCUT2D eigenvalue weighted by Crippen LogP contribution is -2.65. The van der Waals surface area contributed by atoms with Gasteiger partial charge in [0.15, 0.2) is 0 Å². The summed E-state index contributed by atoms with van der Waals surface area (Å²) in [7, 11) is 0. The molecular weight excluding hydrogens is 320 g/mol. The van der Waals surface area contributed by atoms with Crippen molar-refractivity contribution in [2.75, 3.05) is 32.8 Å². The molecule has 0 N–H and O–H groups in total. The quantitative estimate of drug-likeness (QED) is 0.843. The molecule has 3 aliphatic rings. The number of hydrogen-bond donors (Lipinski definition) is 0. The van der Waals surface area contributed by atoms with Crippen LogP contribution in [0.5, 0.6) is 5.75 Å². The van der Waals surface area contributed by atoms with Gasteiger partial charge in [0, 0.05) is 31.1 Å². The summed E-state index contributed by atoms with van der Waals surface area (Å²) in [5, 5.41) is 0. The standard InChI is InChI=1S/C23H28N2O/c1-2-6-19(7-3-1)15-24-12-10-21(11-13-24)25-16-23(17-25)14-20-8-4-5-9-22(20)26-18-23/h1-9,21H,10-18H2. The van der Waals surface area contributed by atoms with Crippen LogP contribution in [0.3, 0.4) is 0 Å². The first-order chi connectivity index (χ1) is 12.8. The van der Waals surface area contributed by atoms with Gasteiger partial charge in [-0.2, -0.15) is 0 Å². The fourth-order valence-corrected chi connectivity index (χ4v) is 5.04. The summed E-state index contributed by atoms with van der Waals surface area (Å²) in [6.45, 7) is 6.87. The number of hydrogen-bond acceptors (Lipinski definition) is 3. The molecule has 0 radical (unpaired) electrons. The first-order valence-corrected chi connectivity index (χ1v) is 10.0. The zero-order chi connectivity index (χ0) is 17.4. The van der Waals surface area contributed by atoms with E-state index in [2.05, 4.69) is 64.4 Å². The molecule has 3 nitrogen and oxygen atoms in total. The van der Waals surface area contributed by atoms with Gasteiger partial charge in [0.2, 0.25) is 0 Å². The van der Waals surface area contributed by atoms with Gasteiger partial charge in [-0.15, -0.1) is 0 Å². The van der Waals surface area contributed by atoms with E-state index in [0.29, 0.717) is 5.41 Å². The molecule has 2 fully saturated rings. The van der Waals surface area contributed by atoms with Gasteiger partial charge < -0.3 is 4.74 Å². The van der Waals surface area contributed by atoms with Crippen molar-refractivity contribution < 1.29 is 4.74 Å². The second-order valence-electron chi connectivity index (χ2n) is 8.47. The van der Waals surface area contributed by atoms with E-state index in [1.807, 2.05) is 0 Å². The molecule has 3 aliphatic heterocycles. The summed E-state index contributed by atoms with van der Waals surface area (Å²) < 4.78 is 6.07. The van der Waals surface area contributed by atoms with Crippen LogP contribution in [0.15, 0.2) is 54.6 Å². The number of piperidine rings is 1. The minimum Gasteiger partial charge on any atom is -0.493 e. The maximum atomic E-state index is 6.07. The summed E-state index contributed by atoms with van der Waals surface area (Å²) in [5.41, 5.74) is 3.21. The second kappa shape index (κ2) is 6.71. The SMILES string of the molecule is c1ccc(CN2CCC(N3CC4(COc5ccccc5C4)C3)CC2)cc1. The van der Waals surface area contributed by atoms with Crippen molar-refractivity contribution in [1.29, 1.82) is 0 Å². The number of rotatable bonds is 3. The van der Waals surface area contributed by atoms with Crippen LogP contribution in [0.1, 0.15) is 24.0 Å². The number of para-hydroxylation sites is 1. The van der Waals surface area contributed by atoms with E-state index in [0.717, 1.165) is 24.9 Å². The van der Waals surface area contributed by atoms with E-state index in [1.165, 1.54) is 56.6 Å². The Bertz CT molecular complexity index is 746. The smallest absolute Gasteiger partial charge is 0.122 e. The third-order valence-electron chi connectivity index (χ3n) is 6.47. The predicted molar refractivity (Wildman–Crippen MR) is 104 cm³/mol. The lowest BCUT2D eigenvalue weighted by atomic mass is 9.72. The molecule has 3 heteroatoms. The van der Waals surface area contributed by atoms with E-state index >= 15 is 0 Å². The van der Waals surface area contributed by atoms with Crippen molar-refractivity contribution in [3.8, 4) is 5.75 Å². The third kappa shape index (κ3) is 3.15. The molecule has 0 amide bonds. The van der Waals surface area contributed by atoms with Gasteiger partial charge in [-0.25, -0.2) is 0 Å². The number of nitrogens with zero attached hydrogens (tertiary/aromatic N) is 2. The van der Waals surface area contributed by atoms with Crippen molar-refractivity contribution >= 4 is 0 Å². The Hall–Kier alpha value is -1.84. The van der Waals surface area contributed by atoms with Crippen molar-refractivity contribution in [1.82, 2.24) is 9.80 Å². The molecule has 0 atom stereocenters. The van der Waals surface area contributed by atoms with Crippen LogP contribution in [0.25, 0.3) is 0 Å². The molecule has 0 bridgehead atoms. The number of likely N-dealkylation sites (tertiary alicyclic amines) is 2. The summed E-state index contributed by atoms with van der Waals surface area (Å²) >= 11 is 0. The second-order valence-corrected chi connectivity index (χ2v) is 8.47. The monoisotopic (exact) mass is 348 g/mol. The van der Waals surface area contributed by atoms with Crippen LogP contribution < -0.4 is 4.74 Å². The van der Waals surface area contributed by atoms with Crippen LogP contribution >= 0.6 is 0 Å². The number of ether oxygens (including phenoxy) is 1. The van der Waals surface area contributed by atoms with Crippen molar-refractivity contribution in [2.24, 2.45) is 5.41 Å². The van der Waals surface area contributed by atoms with Gasteiger partial charge in [0.05, 0.1) is 6.61 Å². The van der Waals surface area contributed by atoms with E-state index in [4.69, 9.17) is 4.74 Å². The minimum absolute atomic E-state index is 0.371. The van der Waals surface area contributed by atoms with Crippen LogP contribution in [0, 0.1) is 5.41 Å². The largest absolute Gasteiger partial charge is 0.493 e. The third-order valence-corrected chi connectivity index (χ3v) is 6.47. The van der Waals surface area contributed by atoms with Gasteiger partial charge in [0.1, 0.15) is 5.75 Å². The summed E-state index contributed by atoms with van der Waals surface area (Å²) in [4.78, 5) is 5.33. The van der Waals surface area contributed by atoms with Gasteiger partial charge in [-0.1, -0.05) is 48.5 Å². The van der Waals surface area contributed by atoms with E-state index in [1.54, 1.807) is 0 Å². The molecule has 0 aliphatic carbocycles. The summed E-state index contributed by atoms with van der Waals surface area (Å²) in [6, 6.07) is 20.2. The van der Waals surface area contributed by atoms with E-state index in [9.17, 15) is 0 Å². The van der Waals surface area contributed by atoms with Crippen molar-refractivity contribution in [3.63, 3.8) is 0 Å². The highest BCUT2D eigenvalue weighted by Gasteiger charge is 2.48. The Labute approximate surface area is 156 Å². The molecular formula is C23H28N2O. The zero-order valence-corrected chi connectivity index (χ0v) is 15.4. The lowest BCUT2D eigenvalue weighted by Gasteiger charge is -2.55. The van der Waals surface area contributed by atoms with Crippen LogP contribution in [-0.4, -0.2) is 48.6 Å². The van der Waals surface area contributed by atoms with Crippen LogP contribution in [0.4, 0.5) is 0 Å². The predicted octanol–water partition coefficient (Wildman–Crippen LogP) is 3.59. The van der Waals surface area contributed by atoms with Crippen LogP contribution in [0.2, 0.25) is 0 Å². The van der Waals surface area contributed by atoms with Crippen LogP contribution in [-0.2, 0) is 13.0 Å². The highest BCUT2D eigenvalue weighted by molar-refractivity contribution is 5.37. The maximum Gasteiger partial charge on any atom is 0.122 e.